The molecular weight excluding hydrogens is 294 g/mol. The van der Waals surface area contributed by atoms with Crippen LogP contribution in [0.3, 0.4) is 0 Å². The van der Waals surface area contributed by atoms with Crippen LogP contribution in [-0.2, 0) is 23.2 Å². The highest BCUT2D eigenvalue weighted by Crippen LogP contribution is 2.56. The second kappa shape index (κ2) is 5.42. The third-order valence-electron chi connectivity index (χ3n) is 6.26. The van der Waals surface area contributed by atoms with Crippen LogP contribution in [0, 0.1) is 6.92 Å². The summed E-state index contributed by atoms with van der Waals surface area (Å²) in [5.41, 5.74) is 8.32. The Morgan fingerprint density at radius 2 is 1.75 bits per heavy atom. The maximum atomic E-state index is 6.83. The molecule has 0 bridgehead atoms. The first kappa shape index (κ1) is 14.7. The van der Waals surface area contributed by atoms with Crippen molar-refractivity contribution in [1.29, 1.82) is 0 Å². The average Bonchev–Trinajstić information content (AvgIpc) is 3.22. The number of ether oxygens (including phenoxy) is 1. The van der Waals surface area contributed by atoms with Gasteiger partial charge in [-0.3, -0.25) is 4.98 Å². The molecule has 24 heavy (non-hydrogen) atoms. The Kier molecular flexibility index (Phi) is 3.31. The molecule has 2 nitrogen and oxygen atoms in total. The molecule has 124 valence electrons. The Labute approximate surface area is 144 Å². The Balaban J connectivity index is 1.68. The molecule has 1 aliphatic heterocycles. The van der Waals surface area contributed by atoms with Crippen molar-refractivity contribution in [3.05, 3.63) is 64.0 Å². The fraction of sp³-hybridized carbons (Fsp3) is 0.500. The van der Waals surface area contributed by atoms with E-state index in [0.717, 1.165) is 6.42 Å². The SMILES string of the molecule is Cc1ccc(C2OC3(CCCC3)c3c2cnc2c3CCCC2)cc1. The van der Waals surface area contributed by atoms with Crippen molar-refractivity contribution in [2.75, 3.05) is 0 Å². The fourth-order valence-electron chi connectivity index (χ4n) is 5.08. The monoisotopic (exact) mass is 319 g/mol. The van der Waals surface area contributed by atoms with E-state index in [0.29, 0.717) is 0 Å². The number of nitrogens with zero attached hydrogens (tertiary/aromatic N) is 1. The fourth-order valence-corrected chi connectivity index (χ4v) is 5.08. The van der Waals surface area contributed by atoms with Crippen molar-refractivity contribution >= 4 is 0 Å². The summed E-state index contributed by atoms with van der Waals surface area (Å²) in [4.78, 5) is 4.86. The number of rotatable bonds is 1. The standard InChI is InChI=1S/C22H25NO/c1-15-8-10-16(11-9-15)21-18-14-23-19-7-3-2-6-17(19)20(18)22(24-21)12-4-5-13-22/h8-11,14,21H,2-7,12-13H2,1H3. The van der Waals surface area contributed by atoms with Crippen molar-refractivity contribution in [3.63, 3.8) is 0 Å². The quantitative estimate of drug-likeness (QED) is 0.724. The molecule has 3 aliphatic rings. The second-order valence-electron chi connectivity index (χ2n) is 7.83. The van der Waals surface area contributed by atoms with Crippen LogP contribution >= 0.6 is 0 Å². The Morgan fingerprint density at radius 3 is 2.54 bits per heavy atom. The second-order valence-corrected chi connectivity index (χ2v) is 7.83. The number of hydrogen-bond acceptors (Lipinski definition) is 2. The molecule has 0 saturated heterocycles. The third-order valence-corrected chi connectivity index (χ3v) is 6.26. The van der Waals surface area contributed by atoms with Crippen LogP contribution in [0.2, 0.25) is 0 Å². The van der Waals surface area contributed by atoms with Gasteiger partial charge in [0.05, 0.1) is 5.60 Å². The van der Waals surface area contributed by atoms with Crippen LogP contribution in [0.4, 0.5) is 0 Å². The predicted molar refractivity (Wildman–Crippen MR) is 95.1 cm³/mol. The summed E-state index contributed by atoms with van der Waals surface area (Å²) in [6.45, 7) is 2.14. The highest BCUT2D eigenvalue weighted by molar-refractivity contribution is 5.49. The lowest BCUT2D eigenvalue weighted by molar-refractivity contribution is -0.0567. The highest BCUT2D eigenvalue weighted by Gasteiger charge is 2.49. The molecule has 2 aliphatic carbocycles. The first-order valence-corrected chi connectivity index (χ1v) is 9.52. The summed E-state index contributed by atoms with van der Waals surface area (Å²) in [5, 5.41) is 0. The van der Waals surface area contributed by atoms with E-state index in [1.54, 1.807) is 0 Å². The molecule has 1 fully saturated rings. The highest BCUT2D eigenvalue weighted by atomic mass is 16.5. The lowest BCUT2D eigenvalue weighted by Crippen LogP contribution is -2.24. The number of aromatic nitrogens is 1. The maximum Gasteiger partial charge on any atom is 0.111 e. The molecule has 5 rings (SSSR count). The van der Waals surface area contributed by atoms with Gasteiger partial charge in [-0.2, -0.15) is 0 Å². The summed E-state index contributed by atoms with van der Waals surface area (Å²) in [6, 6.07) is 8.86. The zero-order valence-corrected chi connectivity index (χ0v) is 14.5. The topological polar surface area (TPSA) is 22.1 Å². The Morgan fingerprint density at radius 1 is 1.00 bits per heavy atom. The van der Waals surface area contributed by atoms with E-state index in [1.165, 1.54) is 78.5 Å². The van der Waals surface area contributed by atoms with Gasteiger partial charge in [-0.05, 0) is 62.1 Å². The zero-order chi connectivity index (χ0) is 16.1. The van der Waals surface area contributed by atoms with Crippen LogP contribution < -0.4 is 0 Å². The number of pyridine rings is 1. The van der Waals surface area contributed by atoms with Gasteiger partial charge in [0, 0.05) is 17.5 Å². The summed E-state index contributed by atoms with van der Waals surface area (Å²) < 4.78 is 6.83. The largest absolute Gasteiger partial charge is 0.358 e. The van der Waals surface area contributed by atoms with Crippen LogP contribution in [0.1, 0.15) is 78.1 Å². The predicted octanol–water partition coefficient (Wildman–Crippen LogP) is 5.16. The van der Waals surface area contributed by atoms with Crippen LogP contribution in [0.15, 0.2) is 30.5 Å². The molecule has 1 unspecified atom stereocenters. The van der Waals surface area contributed by atoms with Crippen LogP contribution in [-0.4, -0.2) is 4.98 Å². The van der Waals surface area contributed by atoms with Crippen LogP contribution in [0.25, 0.3) is 0 Å². The van der Waals surface area contributed by atoms with Gasteiger partial charge >= 0.3 is 0 Å². The van der Waals surface area contributed by atoms with Gasteiger partial charge in [0.1, 0.15) is 6.10 Å². The molecule has 0 N–H and O–H groups in total. The van der Waals surface area contributed by atoms with E-state index in [2.05, 4.69) is 37.4 Å². The van der Waals surface area contributed by atoms with E-state index in [9.17, 15) is 0 Å². The molecule has 1 aromatic carbocycles. The van der Waals surface area contributed by atoms with E-state index >= 15 is 0 Å². The number of aryl methyl sites for hydroxylation is 2. The molecule has 1 aromatic heterocycles. The van der Waals surface area contributed by atoms with Gasteiger partial charge in [-0.15, -0.1) is 0 Å². The van der Waals surface area contributed by atoms with Crippen molar-refractivity contribution in [3.8, 4) is 0 Å². The molecule has 1 saturated carbocycles. The molecule has 2 heterocycles. The molecule has 2 heteroatoms. The smallest absolute Gasteiger partial charge is 0.111 e. The first-order chi connectivity index (χ1) is 11.8. The molecule has 2 aromatic rings. The number of benzene rings is 1. The Hall–Kier alpha value is -1.67. The van der Waals surface area contributed by atoms with Gasteiger partial charge in [0.2, 0.25) is 0 Å². The van der Waals surface area contributed by atoms with Crippen LogP contribution in [0.5, 0.6) is 0 Å². The number of hydrogen-bond donors (Lipinski definition) is 0. The van der Waals surface area contributed by atoms with Gasteiger partial charge in [0.15, 0.2) is 0 Å². The molecule has 0 radical (unpaired) electrons. The van der Waals surface area contributed by atoms with E-state index in [4.69, 9.17) is 9.72 Å². The zero-order valence-electron chi connectivity index (χ0n) is 14.5. The van der Waals surface area contributed by atoms with Gasteiger partial charge in [-0.25, -0.2) is 0 Å². The van der Waals surface area contributed by atoms with E-state index in [-0.39, 0.29) is 11.7 Å². The van der Waals surface area contributed by atoms with Gasteiger partial charge in [0.25, 0.3) is 0 Å². The summed E-state index contributed by atoms with van der Waals surface area (Å²) in [6.07, 6.45) is 12.1. The first-order valence-electron chi connectivity index (χ1n) is 9.52. The van der Waals surface area contributed by atoms with Crippen molar-refractivity contribution in [1.82, 2.24) is 4.98 Å². The number of fused-ring (bicyclic) bond motifs is 4. The van der Waals surface area contributed by atoms with E-state index in [1.807, 2.05) is 0 Å². The summed E-state index contributed by atoms with van der Waals surface area (Å²) >= 11 is 0. The molecule has 1 atom stereocenters. The maximum absolute atomic E-state index is 6.83. The minimum atomic E-state index is -0.0325. The lowest BCUT2D eigenvalue weighted by Gasteiger charge is -2.29. The minimum absolute atomic E-state index is 0.0325. The summed E-state index contributed by atoms with van der Waals surface area (Å²) in [7, 11) is 0. The van der Waals surface area contributed by atoms with Crippen molar-refractivity contribution < 1.29 is 4.74 Å². The van der Waals surface area contributed by atoms with Gasteiger partial charge < -0.3 is 4.74 Å². The van der Waals surface area contributed by atoms with Crippen molar-refractivity contribution in [2.45, 2.75) is 70.0 Å². The molecule has 0 amide bonds. The van der Waals surface area contributed by atoms with Gasteiger partial charge in [-0.1, -0.05) is 42.7 Å². The third kappa shape index (κ3) is 2.09. The van der Waals surface area contributed by atoms with Crippen molar-refractivity contribution in [2.24, 2.45) is 0 Å². The normalized spacial score (nSPS) is 24.1. The van der Waals surface area contributed by atoms with E-state index < -0.39 is 0 Å². The molecular formula is C22H25NO. The average molecular weight is 319 g/mol. The lowest BCUT2D eigenvalue weighted by atomic mass is 9.81. The minimum Gasteiger partial charge on any atom is -0.358 e. The Bertz CT molecular complexity index is 771. The molecule has 1 spiro atoms. The summed E-state index contributed by atoms with van der Waals surface area (Å²) in [5.74, 6) is 0.